The Bertz CT molecular complexity index is 1210. The molecular formula is C33H36F2N2O2. The van der Waals surface area contributed by atoms with Crippen molar-refractivity contribution < 1.29 is 18.3 Å². The highest BCUT2D eigenvalue weighted by Gasteiger charge is 2.52. The van der Waals surface area contributed by atoms with Crippen molar-refractivity contribution >= 4 is 6.09 Å². The number of rotatable bonds is 8. The molecule has 6 heteroatoms. The van der Waals surface area contributed by atoms with Gasteiger partial charge in [0.2, 0.25) is 0 Å². The first-order valence-corrected chi connectivity index (χ1v) is 14.3. The molecule has 5 atom stereocenters. The second-order valence-electron chi connectivity index (χ2n) is 11.5. The van der Waals surface area contributed by atoms with Crippen LogP contribution in [0.25, 0.3) is 0 Å². The number of piperidine rings is 1. The van der Waals surface area contributed by atoms with Gasteiger partial charge in [0.25, 0.3) is 0 Å². The van der Waals surface area contributed by atoms with Crippen LogP contribution in [0.3, 0.4) is 0 Å². The molecule has 0 aromatic heterocycles. The van der Waals surface area contributed by atoms with Gasteiger partial charge in [-0.3, -0.25) is 4.90 Å². The van der Waals surface area contributed by atoms with Gasteiger partial charge in [-0.1, -0.05) is 79.9 Å². The third kappa shape index (κ3) is 5.86. The Morgan fingerprint density at radius 2 is 1.41 bits per heavy atom. The van der Waals surface area contributed by atoms with Gasteiger partial charge in [-0.2, -0.15) is 0 Å². The normalized spacial score (nSPS) is 25.2. The van der Waals surface area contributed by atoms with Gasteiger partial charge in [-0.15, -0.1) is 0 Å². The monoisotopic (exact) mass is 530 g/mol. The first-order chi connectivity index (χ1) is 19.0. The molecule has 6 rings (SSSR count). The number of amides is 1. The lowest BCUT2D eigenvalue weighted by atomic mass is 9.72. The molecule has 2 aliphatic heterocycles. The number of cyclic esters (lactones) is 1. The minimum absolute atomic E-state index is 0.0331. The number of hydrogen-bond donors (Lipinski definition) is 0. The Morgan fingerprint density at radius 3 is 2.03 bits per heavy atom. The highest BCUT2D eigenvalue weighted by Crippen LogP contribution is 2.43. The number of nitrogens with zero attached hydrogens (tertiary/aromatic N) is 2. The van der Waals surface area contributed by atoms with Crippen LogP contribution in [-0.2, 0) is 24.2 Å². The van der Waals surface area contributed by atoms with E-state index < -0.39 is 11.6 Å². The van der Waals surface area contributed by atoms with Crippen LogP contribution in [0.15, 0.2) is 78.9 Å². The average Bonchev–Trinajstić information content (AvgIpc) is 3.25. The molecular weight excluding hydrogens is 494 g/mol. The summed E-state index contributed by atoms with van der Waals surface area (Å²) < 4.78 is 34.9. The summed E-state index contributed by atoms with van der Waals surface area (Å²) in [6.45, 7) is 2.01. The van der Waals surface area contributed by atoms with Gasteiger partial charge in [-0.25, -0.2) is 13.6 Å². The smallest absolute Gasteiger partial charge is 0.410 e. The summed E-state index contributed by atoms with van der Waals surface area (Å²) in [7, 11) is 0. The minimum Gasteiger partial charge on any atom is -0.442 e. The van der Waals surface area contributed by atoms with E-state index in [1.54, 1.807) is 0 Å². The zero-order valence-electron chi connectivity index (χ0n) is 22.2. The van der Waals surface area contributed by atoms with Crippen molar-refractivity contribution in [3.63, 3.8) is 0 Å². The van der Waals surface area contributed by atoms with Gasteiger partial charge < -0.3 is 9.64 Å². The fourth-order valence-electron chi connectivity index (χ4n) is 7.13. The number of halogens is 2. The van der Waals surface area contributed by atoms with E-state index in [2.05, 4.69) is 29.2 Å². The third-order valence-corrected chi connectivity index (χ3v) is 8.97. The van der Waals surface area contributed by atoms with Gasteiger partial charge >= 0.3 is 6.09 Å². The maximum absolute atomic E-state index is 14.3. The Hall–Kier alpha value is -3.25. The first-order valence-electron chi connectivity index (χ1n) is 14.3. The van der Waals surface area contributed by atoms with Crippen LogP contribution in [0.5, 0.6) is 0 Å². The van der Waals surface area contributed by atoms with Gasteiger partial charge in [0.1, 0.15) is 17.7 Å². The SMILES string of the molecule is O=C1OC(C(Cc2cc(F)cc(F)c2)N(Cc2ccccc2)Cc2ccccc2)C2CC3CCCCC3CN12. The molecule has 1 aliphatic carbocycles. The van der Waals surface area contributed by atoms with Crippen LogP contribution in [-0.4, -0.2) is 40.6 Å². The highest BCUT2D eigenvalue weighted by atomic mass is 19.1. The zero-order chi connectivity index (χ0) is 26.8. The Kier molecular flexibility index (Phi) is 7.64. The van der Waals surface area contributed by atoms with Gasteiger partial charge in [0, 0.05) is 25.7 Å². The van der Waals surface area contributed by atoms with Crippen LogP contribution in [0.1, 0.15) is 48.8 Å². The topological polar surface area (TPSA) is 32.8 Å². The van der Waals surface area contributed by atoms with E-state index in [-0.39, 0.29) is 24.3 Å². The number of fused-ring (bicyclic) bond motifs is 2. The fraction of sp³-hybridized carbons (Fsp3) is 0.424. The van der Waals surface area contributed by atoms with Crippen molar-refractivity contribution in [2.75, 3.05) is 6.54 Å². The van der Waals surface area contributed by atoms with Crippen molar-refractivity contribution in [3.05, 3.63) is 107 Å². The molecule has 5 unspecified atom stereocenters. The molecule has 4 nitrogen and oxygen atoms in total. The Morgan fingerprint density at radius 1 is 0.821 bits per heavy atom. The van der Waals surface area contributed by atoms with Crippen LogP contribution in [0.2, 0.25) is 0 Å². The summed E-state index contributed by atoms with van der Waals surface area (Å²) in [5.41, 5.74) is 2.85. The predicted octanol–water partition coefficient (Wildman–Crippen LogP) is 6.98. The number of carbonyl (C=O) groups excluding carboxylic acids is 1. The molecule has 0 spiro atoms. The van der Waals surface area contributed by atoms with E-state index in [0.717, 1.165) is 30.2 Å². The second kappa shape index (κ2) is 11.5. The molecule has 0 N–H and O–H groups in total. The van der Waals surface area contributed by atoms with Gasteiger partial charge in [-0.05, 0) is 59.9 Å². The fourth-order valence-corrected chi connectivity index (χ4v) is 7.13. The first kappa shape index (κ1) is 26.0. The zero-order valence-corrected chi connectivity index (χ0v) is 22.2. The lowest BCUT2D eigenvalue weighted by molar-refractivity contribution is 0.0156. The Labute approximate surface area is 229 Å². The third-order valence-electron chi connectivity index (χ3n) is 8.97. The largest absolute Gasteiger partial charge is 0.442 e. The minimum atomic E-state index is -0.589. The van der Waals surface area contributed by atoms with E-state index in [1.165, 1.54) is 37.8 Å². The number of ether oxygens (including phenoxy) is 1. The van der Waals surface area contributed by atoms with Crippen molar-refractivity contribution in [1.29, 1.82) is 0 Å². The van der Waals surface area contributed by atoms with Gasteiger partial charge in [0.05, 0.1) is 12.1 Å². The van der Waals surface area contributed by atoms with Gasteiger partial charge in [0.15, 0.2) is 0 Å². The quantitative estimate of drug-likeness (QED) is 0.315. The van der Waals surface area contributed by atoms with E-state index >= 15 is 0 Å². The van der Waals surface area contributed by atoms with Crippen molar-refractivity contribution in [3.8, 4) is 0 Å². The molecule has 3 aromatic rings. The van der Waals surface area contributed by atoms with Crippen LogP contribution >= 0.6 is 0 Å². The summed E-state index contributed by atoms with van der Waals surface area (Å²) in [5.74, 6) is -0.0360. The molecule has 3 fully saturated rings. The standard InChI is InChI=1S/C33H36F2N2O2/c34-28-15-25(16-29(35)19-28)17-30(32-31-18-26-13-7-8-14-27(26)22-37(31)33(38)39-32)36(20-23-9-3-1-4-10-23)21-24-11-5-2-6-12-24/h1-6,9-12,15-16,19,26-27,30-32H,7-8,13-14,17-18,20-22H2. The molecule has 3 aromatic carbocycles. The van der Waals surface area contributed by atoms with Crippen LogP contribution in [0.4, 0.5) is 13.6 Å². The summed E-state index contributed by atoms with van der Waals surface area (Å²) in [6, 6.07) is 23.9. The summed E-state index contributed by atoms with van der Waals surface area (Å²) >= 11 is 0. The molecule has 1 amide bonds. The molecule has 1 saturated carbocycles. The lowest BCUT2D eigenvalue weighted by Gasteiger charge is -2.45. The van der Waals surface area contributed by atoms with E-state index in [1.807, 2.05) is 41.3 Å². The van der Waals surface area contributed by atoms with E-state index in [9.17, 15) is 13.6 Å². The number of hydrogen-bond acceptors (Lipinski definition) is 3. The maximum Gasteiger partial charge on any atom is 0.410 e. The van der Waals surface area contributed by atoms with Crippen LogP contribution in [0, 0.1) is 23.5 Å². The summed E-state index contributed by atoms with van der Waals surface area (Å²) in [5, 5.41) is 0. The summed E-state index contributed by atoms with van der Waals surface area (Å²) in [4.78, 5) is 17.6. The number of benzene rings is 3. The molecule has 0 bridgehead atoms. The molecule has 2 heterocycles. The molecule has 204 valence electrons. The summed E-state index contributed by atoms with van der Waals surface area (Å²) in [6.07, 6.45) is 5.52. The Balaban J connectivity index is 1.37. The molecule has 2 saturated heterocycles. The van der Waals surface area contributed by atoms with E-state index in [0.29, 0.717) is 36.9 Å². The number of carbonyl (C=O) groups is 1. The second-order valence-corrected chi connectivity index (χ2v) is 11.5. The van der Waals surface area contributed by atoms with Crippen molar-refractivity contribution in [2.24, 2.45) is 11.8 Å². The van der Waals surface area contributed by atoms with Crippen LogP contribution < -0.4 is 0 Å². The van der Waals surface area contributed by atoms with Crippen molar-refractivity contribution in [2.45, 2.75) is 69.8 Å². The lowest BCUT2D eigenvalue weighted by Crippen LogP contribution is -2.54. The molecule has 39 heavy (non-hydrogen) atoms. The van der Waals surface area contributed by atoms with E-state index in [4.69, 9.17) is 4.74 Å². The molecule has 3 aliphatic rings. The maximum atomic E-state index is 14.3. The highest BCUT2D eigenvalue weighted by molar-refractivity contribution is 5.71. The predicted molar refractivity (Wildman–Crippen MR) is 147 cm³/mol. The average molecular weight is 531 g/mol. The van der Waals surface area contributed by atoms with Crippen molar-refractivity contribution in [1.82, 2.24) is 9.80 Å². The molecule has 0 radical (unpaired) electrons.